The predicted molar refractivity (Wildman–Crippen MR) is 49.4 cm³/mol. The minimum Gasteiger partial charge on any atom is -0.328 e. The summed E-state index contributed by atoms with van der Waals surface area (Å²) in [6, 6.07) is 0.501. The second-order valence-electron chi connectivity index (χ2n) is 4.22. The molecule has 0 amide bonds. The maximum absolute atomic E-state index is 5.87. The molecule has 0 radical (unpaired) electrons. The third-order valence-corrected chi connectivity index (χ3v) is 3.36. The predicted octanol–water partition coefficient (Wildman–Crippen LogP) is 2.47. The summed E-state index contributed by atoms with van der Waals surface area (Å²) in [5.74, 6) is 0. The zero-order valence-electron chi connectivity index (χ0n) is 7.05. The first kappa shape index (κ1) is 7.35. The molecule has 0 heterocycles. The normalized spacial score (nSPS) is 29.9. The average Bonchev–Trinajstić information content (AvgIpc) is 2.45. The fraction of sp³-hybridized carbons (Fsp3) is 0.800. The van der Waals surface area contributed by atoms with Crippen molar-refractivity contribution < 1.29 is 1.43 Å². The second-order valence-corrected chi connectivity index (χ2v) is 4.22. The summed E-state index contributed by atoms with van der Waals surface area (Å²) in [4.78, 5) is 0. The van der Waals surface area contributed by atoms with Crippen LogP contribution in [0.1, 0.15) is 40.0 Å². The molecule has 0 atom stereocenters. The third kappa shape index (κ3) is 1.34. The lowest BCUT2D eigenvalue weighted by atomic mass is 9.71. The molecule has 1 heteroatoms. The zero-order valence-corrected chi connectivity index (χ0v) is 7.05. The van der Waals surface area contributed by atoms with E-state index in [0.717, 1.165) is 0 Å². The molecule has 0 unspecified atom stereocenters. The van der Waals surface area contributed by atoms with E-state index >= 15 is 0 Å². The largest absolute Gasteiger partial charge is 0.328 e. The van der Waals surface area contributed by atoms with Gasteiger partial charge in [0.05, 0.1) is 0 Å². The van der Waals surface area contributed by atoms with Crippen molar-refractivity contribution in [1.82, 2.24) is 0 Å². The van der Waals surface area contributed by atoms with Crippen LogP contribution in [0.3, 0.4) is 0 Å². The first-order chi connectivity index (χ1) is 5.31. The van der Waals surface area contributed by atoms with Gasteiger partial charge in [0, 0.05) is 7.47 Å². The number of nitrogens with two attached hydrogens (primary N) is 1. The van der Waals surface area contributed by atoms with Crippen LogP contribution in [0, 0.1) is 5.41 Å². The Balaban J connectivity index is 0.000000720. The van der Waals surface area contributed by atoms with Crippen molar-refractivity contribution in [3.8, 4) is 0 Å². The summed E-state index contributed by atoms with van der Waals surface area (Å²) in [6.07, 6.45) is 12.6. The van der Waals surface area contributed by atoms with E-state index in [1.165, 1.54) is 38.5 Å². The van der Waals surface area contributed by atoms with Crippen molar-refractivity contribution in [3.63, 3.8) is 0 Å². The van der Waals surface area contributed by atoms with Gasteiger partial charge in [0.1, 0.15) is 0 Å². The molecule has 11 heavy (non-hydrogen) atoms. The van der Waals surface area contributed by atoms with Gasteiger partial charge in [-0.05, 0) is 43.9 Å². The lowest BCUT2D eigenvalue weighted by molar-refractivity contribution is 0.191. The Hall–Kier alpha value is -0.300. The second kappa shape index (κ2) is 2.63. The van der Waals surface area contributed by atoms with E-state index in [0.29, 0.717) is 11.5 Å². The molecule has 64 valence electrons. The van der Waals surface area contributed by atoms with Crippen molar-refractivity contribution in [2.75, 3.05) is 0 Å². The van der Waals surface area contributed by atoms with Crippen LogP contribution in [0.5, 0.6) is 0 Å². The molecule has 1 saturated carbocycles. The van der Waals surface area contributed by atoms with Gasteiger partial charge in [-0.2, -0.15) is 0 Å². The highest BCUT2D eigenvalue weighted by atomic mass is 14.6. The number of allylic oxidation sites excluding steroid dienone is 2. The molecule has 1 spiro atoms. The van der Waals surface area contributed by atoms with E-state index < -0.39 is 0 Å². The molecule has 1 fully saturated rings. The Labute approximate surface area is 70.1 Å². The summed E-state index contributed by atoms with van der Waals surface area (Å²) >= 11 is 0. The van der Waals surface area contributed by atoms with Gasteiger partial charge in [0.2, 0.25) is 0 Å². The van der Waals surface area contributed by atoms with Crippen LogP contribution in [0.15, 0.2) is 12.2 Å². The Bertz CT molecular complexity index is 159. The highest BCUT2D eigenvalue weighted by molar-refractivity contribution is 5.04. The summed E-state index contributed by atoms with van der Waals surface area (Å²) in [5.41, 5.74) is 6.53. The van der Waals surface area contributed by atoms with E-state index in [1.807, 2.05) is 0 Å². The van der Waals surface area contributed by atoms with Gasteiger partial charge in [-0.15, -0.1) is 0 Å². The van der Waals surface area contributed by atoms with E-state index in [9.17, 15) is 0 Å². The highest BCUT2D eigenvalue weighted by Crippen LogP contribution is 2.45. The third-order valence-electron chi connectivity index (χ3n) is 3.36. The van der Waals surface area contributed by atoms with Crippen LogP contribution < -0.4 is 5.73 Å². The minimum absolute atomic E-state index is 0. The number of hydrogen-bond donors (Lipinski definition) is 1. The molecule has 0 bridgehead atoms. The number of hydrogen-bond acceptors (Lipinski definition) is 1. The maximum Gasteiger partial charge on any atom is 0.00392 e. The van der Waals surface area contributed by atoms with Crippen molar-refractivity contribution in [3.05, 3.63) is 12.2 Å². The van der Waals surface area contributed by atoms with Crippen LogP contribution in [-0.2, 0) is 0 Å². The first-order valence-electron chi connectivity index (χ1n) is 4.71. The van der Waals surface area contributed by atoms with Crippen LogP contribution in [0.4, 0.5) is 0 Å². The van der Waals surface area contributed by atoms with E-state index in [-0.39, 0.29) is 1.43 Å². The smallest absolute Gasteiger partial charge is 0.00392 e. The van der Waals surface area contributed by atoms with Gasteiger partial charge < -0.3 is 5.73 Å². The number of rotatable bonds is 0. The van der Waals surface area contributed by atoms with Gasteiger partial charge in [-0.3, -0.25) is 0 Å². The van der Waals surface area contributed by atoms with Crippen molar-refractivity contribution >= 4 is 0 Å². The Morgan fingerprint density at radius 2 is 1.73 bits per heavy atom. The lowest BCUT2D eigenvalue weighted by Crippen LogP contribution is -2.32. The first-order valence-corrected chi connectivity index (χ1v) is 4.71. The monoisotopic (exact) mass is 153 g/mol. The molecule has 0 aromatic carbocycles. The van der Waals surface area contributed by atoms with Crippen molar-refractivity contribution in [2.45, 2.75) is 44.6 Å². The quantitative estimate of drug-likeness (QED) is 0.531. The Kier molecular flexibility index (Phi) is 1.76. The molecular weight excluding hydrogens is 134 g/mol. The van der Waals surface area contributed by atoms with E-state index in [4.69, 9.17) is 5.73 Å². The average molecular weight is 153 g/mol. The Morgan fingerprint density at radius 1 is 1.18 bits per heavy atom. The standard InChI is InChI=1S/C10H17N.H2/c11-9-3-7-10(8-4-9)5-1-2-6-10;/h1-2,9H,3-8,11H2;1H. The molecule has 1 nitrogen and oxygen atoms in total. The van der Waals surface area contributed by atoms with Crippen LogP contribution in [-0.4, -0.2) is 6.04 Å². The molecule has 2 aliphatic rings. The highest BCUT2D eigenvalue weighted by Gasteiger charge is 2.34. The topological polar surface area (TPSA) is 26.0 Å². The van der Waals surface area contributed by atoms with Gasteiger partial charge in [0.15, 0.2) is 0 Å². The molecule has 0 aromatic rings. The lowest BCUT2D eigenvalue weighted by Gasteiger charge is -2.35. The zero-order chi connectivity index (χ0) is 7.73. The molecule has 2 rings (SSSR count). The maximum atomic E-state index is 5.87. The van der Waals surface area contributed by atoms with E-state index in [2.05, 4.69) is 12.2 Å². The molecule has 0 aliphatic heterocycles. The summed E-state index contributed by atoms with van der Waals surface area (Å²) in [7, 11) is 0. The molecule has 0 aromatic heterocycles. The van der Waals surface area contributed by atoms with Crippen LogP contribution in [0.25, 0.3) is 0 Å². The van der Waals surface area contributed by atoms with Crippen LogP contribution >= 0.6 is 0 Å². The molecule has 2 N–H and O–H groups in total. The molecular formula is C10H19N. The van der Waals surface area contributed by atoms with Crippen LogP contribution in [0.2, 0.25) is 0 Å². The fourth-order valence-corrected chi connectivity index (χ4v) is 2.41. The van der Waals surface area contributed by atoms with Gasteiger partial charge in [0.25, 0.3) is 0 Å². The van der Waals surface area contributed by atoms with Gasteiger partial charge >= 0.3 is 0 Å². The van der Waals surface area contributed by atoms with Gasteiger partial charge in [-0.25, -0.2) is 0 Å². The van der Waals surface area contributed by atoms with Crippen molar-refractivity contribution in [1.29, 1.82) is 0 Å². The van der Waals surface area contributed by atoms with E-state index in [1.54, 1.807) is 0 Å². The molecule has 2 aliphatic carbocycles. The summed E-state index contributed by atoms with van der Waals surface area (Å²) in [5, 5.41) is 0. The van der Waals surface area contributed by atoms with Gasteiger partial charge in [-0.1, -0.05) is 12.2 Å². The summed E-state index contributed by atoms with van der Waals surface area (Å²) in [6.45, 7) is 0. The Morgan fingerprint density at radius 3 is 2.27 bits per heavy atom. The SMILES string of the molecule is NC1CCC2(CC=CC2)CC1.[HH]. The minimum atomic E-state index is 0. The fourth-order valence-electron chi connectivity index (χ4n) is 2.41. The molecule has 0 saturated heterocycles. The summed E-state index contributed by atoms with van der Waals surface area (Å²) < 4.78 is 0. The van der Waals surface area contributed by atoms with Crippen molar-refractivity contribution in [2.24, 2.45) is 11.1 Å².